The monoisotopic (exact) mass is 285 g/mol. The number of nitrogens with zero attached hydrogens (tertiary/aromatic N) is 1. The smallest absolute Gasteiger partial charge is 0.119 e. The molecule has 2 nitrogen and oxygen atoms in total. The van der Waals surface area contributed by atoms with E-state index in [4.69, 9.17) is 4.74 Å². The van der Waals surface area contributed by atoms with Gasteiger partial charge in [0.1, 0.15) is 5.75 Å². The van der Waals surface area contributed by atoms with Crippen LogP contribution in [0, 0.1) is 6.92 Å². The number of allylic oxidation sites excluding steroid dienone is 1. The van der Waals surface area contributed by atoms with Crippen LogP contribution in [0.5, 0.6) is 5.75 Å². The van der Waals surface area contributed by atoms with Crippen molar-refractivity contribution in [2.24, 2.45) is 0 Å². The Bertz CT molecular complexity index is 514. The van der Waals surface area contributed by atoms with Crippen molar-refractivity contribution in [2.45, 2.75) is 44.9 Å². The Morgan fingerprint density at radius 2 is 1.95 bits per heavy atom. The Morgan fingerprint density at radius 1 is 1.19 bits per heavy atom. The summed E-state index contributed by atoms with van der Waals surface area (Å²) in [4.78, 5) is 2.66. The molecule has 1 fully saturated rings. The van der Waals surface area contributed by atoms with E-state index in [1.807, 2.05) is 0 Å². The van der Waals surface area contributed by atoms with Gasteiger partial charge in [-0.25, -0.2) is 0 Å². The SMILES string of the molecule is COc1ccc(C)c(C(CN2CCCCC2)C2=CCC2)c1. The first-order valence-corrected chi connectivity index (χ1v) is 8.34. The van der Waals surface area contributed by atoms with Crippen LogP contribution in [0.1, 0.15) is 49.1 Å². The van der Waals surface area contributed by atoms with Crippen molar-refractivity contribution >= 4 is 0 Å². The number of aryl methyl sites for hydroxylation is 1. The van der Waals surface area contributed by atoms with Crippen LogP contribution in [-0.2, 0) is 0 Å². The van der Waals surface area contributed by atoms with Crippen molar-refractivity contribution in [1.82, 2.24) is 4.90 Å². The van der Waals surface area contributed by atoms with Crippen molar-refractivity contribution in [3.63, 3.8) is 0 Å². The predicted molar refractivity (Wildman–Crippen MR) is 88.1 cm³/mol. The lowest BCUT2D eigenvalue weighted by atomic mass is 9.80. The van der Waals surface area contributed by atoms with Gasteiger partial charge in [-0.05, 0) is 69.0 Å². The predicted octanol–water partition coefficient (Wildman–Crippen LogP) is 4.29. The summed E-state index contributed by atoms with van der Waals surface area (Å²) in [6.07, 6.45) is 9.10. The molecule has 3 rings (SSSR count). The van der Waals surface area contributed by atoms with Gasteiger partial charge < -0.3 is 9.64 Å². The zero-order valence-corrected chi connectivity index (χ0v) is 13.4. The summed E-state index contributed by atoms with van der Waals surface area (Å²) < 4.78 is 5.45. The minimum Gasteiger partial charge on any atom is -0.497 e. The molecular formula is C19H27NO. The molecule has 114 valence electrons. The molecule has 1 saturated heterocycles. The minimum atomic E-state index is 0.562. The van der Waals surface area contributed by atoms with Gasteiger partial charge in [0.25, 0.3) is 0 Å². The van der Waals surface area contributed by atoms with Crippen LogP contribution in [-0.4, -0.2) is 31.6 Å². The lowest BCUT2D eigenvalue weighted by Crippen LogP contribution is -2.34. The van der Waals surface area contributed by atoms with Crippen LogP contribution in [0.3, 0.4) is 0 Å². The van der Waals surface area contributed by atoms with Crippen LogP contribution in [0.25, 0.3) is 0 Å². The Kier molecular flexibility index (Phi) is 4.64. The number of hydrogen-bond donors (Lipinski definition) is 0. The van der Waals surface area contributed by atoms with E-state index in [0.717, 1.165) is 5.75 Å². The Balaban J connectivity index is 1.84. The summed E-state index contributed by atoms with van der Waals surface area (Å²) in [7, 11) is 1.76. The third-order valence-electron chi connectivity index (χ3n) is 5.04. The standard InChI is InChI=1S/C19H27NO/c1-15-9-10-17(21-2)13-18(15)19(16-7-6-8-16)14-20-11-4-3-5-12-20/h7,9-10,13,19H,3-6,8,11-12,14H2,1-2H3. The number of benzene rings is 1. The average molecular weight is 285 g/mol. The number of likely N-dealkylation sites (tertiary alicyclic amines) is 1. The molecule has 0 saturated carbocycles. The fourth-order valence-electron chi connectivity index (χ4n) is 3.56. The van der Waals surface area contributed by atoms with Crippen LogP contribution in [0.15, 0.2) is 29.8 Å². The second-order valence-corrected chi connectivity index (χ2v) is 6.45. The van der Waals surface area contributed by atoms with E-state index in [1.54, 1.807) is 12.7 Å². The summed E-state index contributed by atoms with van der Waals surface area (Å²) in [5, 5.41) is 0. The Morgan fingerprint density at radius 3 is 2.57 bits per heavy atom. The number of piperidine rings is 1. The van der Waals surface area contributed by atoms with E-state index < -0.39 is 0 Å². The van der Waals surface area contributed by atoms with Gasteiger partial charge in [-0.2, -0.15) is 0 Å². The fraction of sp³-hybridized carbons (Fsp3) is 0.579. The van der Waals surface area contributed by atoms with Crippen LogP contribution in [0.4, 0.5) is 0 Å². The molecular weight excluding hydrogens is 258 g/mol. The maximum absolute atomic E-state index is 5.45. The molecule has 0 bridgehead atoms. The van der Waals surface area contributed by atoms with Crippen LogP contribution >= 0.6 is 0 Å². The molecule has 0 amide bonds. The molecule has 1 unspecified atom stereocenters. The summed E-state index contributed by atoms with van der Waals surface area (Å²) in [6, 6.07) is 6.53. The minimum absolute atomic E-state index is 0.562. The third-order valence-corrected chi connectivity index (χ3v) is 5.04. The van der Waals surface area contributed by atoms with Gasteiger partial charge in [0.2, 0.25) is 0 Å². The highest BCUT2D eigenvalue weighted by Crippen LogP contribution is 2.37. The van der Waals surface area contributed by atoms with E-state index in [-0.39, 0.29) is 0 Å². The molecule has 1 aliphatic heterocycles. The normalized spacial score (nSPS) is 20.6. The average Bonchev–Trinajstić information content (AvgIpc) is 2.46. The second-order valence-electron chi connectivity index (χ2n) is 6.45. The maximum Gasteiger partial charge on any atom is 0.119 e. The molecule has 0 N–H and O–H groups in total. The molecule has 1 atom stereocenters. The Labute approximate surface area is 128 Å². The number of rotatable bonds is 5. The molecule has 1 aliphatic carbocycles. The van der Waals surface area contributed by atoms with Gasteiger partial charge in [-0.1, -0.05) is 24.1 Å². The first-order valence-electron chi connectivity index (χ1n) is 8.34. The van der Waals surface area contributed by atoms with Gasteiger partial charge in [-0.15, -0.1) is 0 Å². The summed E-state index contributed by atoms with van der Waals surface area (Å²) in [5.74, 6) is 1.55. The quantitative estimate of drug-likeness (QED) is 0.748. The zero-order chi connectivity index (χ0) is 14.7. The van der Waals surface area contributed by atoms with E-state index in [2.05, 4.69) is 36.1 Å². The number of methoxy groups -OCH3 is 1. The maximum atomic E-state index is 5.45. The van der Waals surface area contributed by atoms with Gasteiger partial charge in [0.05, 0.1) is 7.11 Å². The lowest BCUT2D eigenvalue weighted by molar-refractivity contribution is 0.220. The topological polar surface area (TPSA) is 12.5 Å². The molecule has 0 spiro atoms. The van der Waals surface area contributed by atoms with Gasteiger partial charge in [-0.3, -0.25) is 0 Å². The molecule has 0 aromatic heterocycles. The molecule has 1 heterocycles. The van der Waals surface area contributed by atoms with E-state index in [0.29, 0.717) is 5.92 Å². The van der Waals surface area contributed by atoms with E-state index in [9.17, 15) is 0 Å². The zero-order valence-electron chi connectivity index (χ0n) is 13.4. The summed E-state index contributed by atoms with van der Waals surface area (Å²) >= 11 is 0. The van der Waals surface area contributed by atoms with Crippen molar-refractivity contribution < 1.29 is 4.74 Å². The van der Waals surface area contributed by atoms with Crippen molar-refractivity contribution in [1.29, 1.82) is 0 Å². The fourth-order valence-corrected chi connectivity index (χ4v) is 3.56. The van der Waals surface area contributed by atoms with Gasteiger partial charge in [0.15, 0.2) is 0 Å². The molecule has 2 heteroatoms. The largest absolute Gasteiger partial charge is 0.497 e. The van der Waals surface area contributed by atoms with Crippen molar-refractivity contribution in [3.8, 4) is 5.75 Å². The highest BCUT2D eigenvalue weighted by atomic mass is 16.5. The highest BCUT2D eigenvalue weighted by molar-refractivity contribution is 5.42. The third kappa shape index (κ3) is 3.32. The van der Waals surface area contributed by atoms with E-state index >= 15 is 0 Å². The van der Waals surface area contributed by atoms with Crippen LogP contribution in [0.2, 0.25) is 0 Å². The Hall–Kier alpha value is -1.28. The first kappa shape index (κ1) is 14.6. The summed E-state index contributed by atoms with van der Waals surface area (Å²) in [5.41, 5.74) is 4.49. The highest BCUT2D eigenvalue weighted by Gasteiger charge is 2.25. The molecule has 0 radical (unpaired) electrons. The van der Waals surface area contributed by atoms with Crippen molar-refractivity contribution in [3.05, 3.63) is 41.0 Å². The van der Waals surface area contributed by atoms with E-state index in [1.165, 1.54) is 62.9 Å². The van der Waals surface area contributed by atoms with Gasteiger partial charge >= 0.3 is 0 Å². The second kappa shape index (κ2) is 6.65. The lowest BCUT2D eigenvalue weighted by Gasteiger charge is -2.34. The van der Waals surface area contributed by atoms with Crippen LogP contribution < -0.4 is 4.74 Å². The molecule has 1 aromatic carbocycles. The number of hydrogen-bond acceptors (Lipinski definition) is 2. The summed E-state index contributed by atoms with van der Waals surface area (Å²) in [6.45, 7) is 5.95. The first-order chi connectivity index (χ1) is 10.3. The molecule has 21 heavy (non-hydrogen) atoms. The molecule has 2 aliphatic rings. The van der Waals surface area contributed by atoms with Gasteiger partial charge in [0, 0.05) is 12.5 Å². The molecule has 1 aromatic rings. The van der Waals surface area contributed by atoms with Crippen molar-refractivity contribution in [2.75, 3.05) is 26.7 Å². The number of ether oxygens (including phenoxy) is 1.